The van der Waals surface area contributed by atoms with Crippen LogP contribution in [0.25, 0.3) is 0 Å². The first-order valence-corrected chi connectivity index (χ1v) is 17.7. The molecule has 0 saturated carbocycles. The first kappa shape index (κ1) is 47.3. The number of nitrogens with one attached hydrogen (secondary N) is 2. The number of amides is 2. The van der Waals surface area contributed by atoms with E-state index in [1.54, 1.807) is 0 Å². The number of carbonyl (C=O) groups excluding carboxylic acids is 2. The molecule has 4 saturated heterocycles. The molecule has 0 aromatic carbocycles. The van der Waals surface area contributed by atoms with Crippen LogP contribution in [0.5, 0.6) is 0 Å². The van der Waals surface area contributed by atoms with E-state index in [1.807, 2.05) is 0 Å². The lowest BCUT2D eigenvalue weighted by Crippen LogP contribution is -2.72. The van der Waals surface area contributed by atoms with E-state index in [4.69, 9.17) is 33.2 Å². The summed E-state index contributed by atoms with van der Waals surface area (Å²) in [6.45, 7) is -2.13. The van der Waals surface area contributed by atoms with E-state index in [0.717, 1.165) is 13.8 Å². The molecular formula is C31H52N2O24. The summed E-state index contributed by atoms with van der Waals surface area (Å²) in [5.41, 5.74) is 0. The Morgan fingerprint density at radius 3 is 1.77 bits per heavy atom. The van der Waals surface area contributed by atoms with Gasteiger partial charge in [0.15, 0.2) is 18.9 Å². The molecule has 2 amide bonds. The van der Waals surface area contributed by atoms with Gasteiger partial charge in [-0.3, -0.25) is 9.59 Å². The molecule has 57 heavy (non-hydrogen) atoms. The van der Waals surface area contributed by atoms with Gasteiger partial charge in [0, 0.05) is 20.3 Å². The Kier molecular flexibility index (Phi) is 16.4. The quantitative estimate of drug-likeness (QED) is 0.0728. The van der Waals surface area contributed by atoms with Gasteiger partial charge in [-0.1, -0.05) is 0 Å². The Bertz CT molecular complexity index is 1350. The van der Waals surface area contributed by atoms with Crippen molar-refractivity contribution in [2.75, 3.05) is 26.4 Å². The minimum Gasteiger partial charge on any atom is -0.477 e. The number of aliphatic hydroxyl groups is 13. The van der Waals surface area contributed by atoms with Gasteiger partial charge in [0.05, 0.1) is 38.6 Å². The Balaban J connectivity index is 1.82. The molecule has 330 valence electrons. The van der Waals surface area contributed by atoms with E-state index in [9.17, 15) is 85.9 Å². The third kappa shape index (κ3) is 10.2. The van der Waals surface area contributed by atoms with E-state index in [0.29, 0.717) is 0 Å². The molecule has 4 fully saturated rings. The van der Waals surface area contributed by atoms with Gasteiger partial charge in [0.1, 0.15) is 91.5 Å². The van der Waals surface area contributed by atoms with Crippen LogP contribution in [0.3, 0.4) is 0 Å². The fourth-order valence-electron chi connectivity index (χ4n) is 7.05. The molecule has 0 bridgehead atoms. The summed E-state index contributed by atoms with van der Waals surface area (Å²) in [5, 5.41) is 151. The summed E-state index contributed by atoms with van der Waals surface area (Å²) in [6, 6.07) is -3.34. The number of aliphatic hydroxyl groups excluding tert-OH is 13. The molecule has 0 radical (unpaired) electrons. The molecule has 1 unspecified atom stereocenters. The second-order valence-corrected chi connectivity index (χ2v) is 14.0. The Morgan fingerprint density at radius 1 is 0.684 bits per heavy atom. The number of rotatable bonds is 15. The number of carboxylic acids is 1. The van der Waals surface area contributed by atoms with Gasteiger partial charge >= 0.3 is 5.97 Å². The van der Waals surface area contributed by atoms with Gasteiger partial charge in [-0.05, 0) is 0 Å². The fraction of sp³-hybridized carbons (Fsp3) is 0.903. The molecule has 0 aromatic heterocycles. The highest BCUT2D eigenvalue weighted by molar-refractivity contribution is 5.76. The molecule has 0 aromatic rings. The molecule has 4 aliphatic heterocycles. The highest BCUT2D eigenvalue weighted by Gasteiger charge is 2.61. The molecule has 16 N–H and O–H groups in total. The topological polar surface area (TPSA) is 423 Å². The summed E-state index contributed by atoms with van der Waals surface area (Å²) in [4.78, 5) is 37.3. The van der Waals surface area contributed by atoms with Gasteiger partial charge in [-0.2, -0.15) is 0 Å². The normalized spacial score (nSPS) is 45.1. The standard InChI is InChI=1S/C31H52N2O24/c1-8(38)32-15-10(40)3-31(30(49)50,56-25(15)17(42)11(41)4-34)57-26-22(47)29(54-23-13(6-36)51-27(48)21(46)20(23)45)53-14(7-37)24(26)55-28-16(33-9(2)39)19(44)18(43)12(5-35)52-28/h10-29,34-37,40-48H,3-7H2,1-2H3,(H,32,38)(H,33,39)(H,49,50)/t10-,11+,12+,13+,14+,15+,16+,17+,18-,19+,20+,21+,22+,23+,24-,25?,26+,27+,28-,29-,31-/m0/s1. The molecule has 4 rings (SSSR count). The van der Waals surface area contributed by atoms with E-state index < -0.39 is 179 Å². The van der Waals surface area contributed by atoms with Crippen LogP contribution in [0.4, 0.5) is 0 Å². The number of carboxylic acid groups (broad SMARTS) is 1. The second-order valence-electron chi connectivity index (χ2n) is 14.0. The van der Waals surface area contributed by atoms with E-state index >= 15 is 0 Å². The average Bonchev–Trinajstić information content (AvgIpc) is 3.16. The zero-order chi connectivity index (χ0) is 42.7. The number of aliphatic carboxylic acids is 1. The molecule has 0 spiro atoms. The predicted molar refractivity (Wildman–Crippen MR) is 174 cm³/mol. The van der Waals surface area contributed by atoms with Crippen molar-refractivity contribution in [1.82, 2.24) is 10.6 Å². The first-order chi connectivity index (χ1) is 26.7. The third-order valence-corrected chi connectivity index (χ3v) is 9.98. The number of carbonyl (C=O) groups is 3. The lowest BCUT2D eigenvalue weighted by atomic mass is 9.88. The van der Waals surface area contributed by atoms with Crippen LogP contribution in [0.15, 0.2) is 0 Å². The maximum absolute atomic E-state index is 13.1. The van der Waals surface area contributed by atoms with E-state index in [-0.39, 0.29) is 0 Å². The van der Waals surface area contributed by atoms with Crippen LogP contribution in [0.1, 0.15) is 20.3 Å². The van der Waals surface area contributed by atoms with E-state index in [1.165, 1.54) is 0 Å². The molecular weight excluding hydrogens is 784 g/mol. The molecule has 26 heteroatoms. The first-order valence-electron chi connectivity index (χ1n) is 17.7. The maximum atomic E-state index is 13.1. The van der Waals surface area contributed by atoms with Crippen LogP contribution in [0, 0.1) is 0 Å². The van der Waals surface area contributed by atoms with Gasteiger partial charge in [-0.25, -0.2) is 4.79 Å². The van der Waals surface area contributed by atoms with Gasteiger partial charge in [-0.15, -0.1) is 0 Å². The third-order valence-electron chi connectivity index (χ3n) is 9.98. The van der Waals surface area contributed by atoms with Crippen molar-refractivity contribution in [3.63, 3.8) is 0 Å². The number of hydrogen-bond donors (Lipinski definition) is 16. The van der Waals surface area contributed by atoms with Crippen molar-refractivity contribution < 1.29 is 119 Å². The van der Waals surface area contributed by atoms with Crippen LogP contribution < -0.4 is 10.6 Å². The summed E-state index contributed by atoms with van der Waals surface area (Å²) in [7, 11) is 0. The lowest BCUT2D eigenvalue weighted by molar-refractivity contribution is -0.400. The van der Waals surface area contributed by atoms with Crippen molar-refractivity contribution in [1.29, 1.82) is 0 Å². The van der Waals surface area contributed by atoms with Gasteiger partial charge in [0.25, 0.3) is 5.79 Å². The molecule has 4 heterocycles. The Labute approximate surface area is 322 Å². The summed E-state index contributed by atoms with van der Waals surface area (Å²) < 4.78 is 39.7. The fourth-order valence-corrected chi connectivity index (χ4v) is 7.05. The summed E-state index contributed by atoms with van der Waals surface area (Å²) in [6.07, 6.45) is -37.1. The van der Waals surface area contributed by atoms with Crippen LogP contribution in [-0.2, 0) is 47.5 Å². The maximum Gasteiger partial charge on any atom is 0.364 e. The summed E-state index contributed by atoms with van der Waals surface area (Å²) in [5.74, 6) is -6.92. The van der Waals surface area contributed by atoms with Crippen molar-refractivity contribution >= 4 is 17.8 Å². The molecule has 4 aliphatic rings. The zero-order valence-corrected chi connectivity index (χ0v) is 30.4. The predicted octanol–water partition coefficient (Wildman–Crippen LogP) is -10.3. The van der Waals surface area contributed by atoms with Gasteiger partial charge < -0.3 is 115 Å². The lowest BCUT2D eigenvalue weighted by Gasteiger charge is -2.52. The van der Waals surface area contributed by atoms with Crippen LogP contribution >= 0.6 is 0 Å². The summed E-state index contributed by atoms with van der Waals surface area (Å²) >= 11 is 0. The van der Waals surface area contributed by atoms with Crippen molar-refractivity contribution in [3.05, 3.63) is 0 Å². The zero-order valence-electron chi connectivity index (χ0n) is 30.4. The van der Waals surface area contributed by atoms with Crippen molar-refractivity contribution in [2.24, 2.45) is 0 Å². The second kappa shape index (κ2) is 19.8. The smallest absolute Gasteiger partial charge is 0.364 e. The Morgan fingerprint density at radius 2 is 1.23 bits per heavy atom. The van der Waals surface area contributed by atoms with E-state index in [2.05, 4.69) is 10.6 Å². The SMILES string of the molecule is CC(=O)N[C@H]1[C@H](O[C@@H]2[C@H](O[C@]3(C(=O)O)C[C@H](O)[C@@H](NC(C)=O)C([C@H](O)[C@H](O)CO)O3)[C@@H](O)[C@H](O[C@H]3[C@H](O)[C@@H](O)[C@H](O)O[C@@H]3CO)O[C@@H]2CO)O[C@H](CO)[C@H](O)[C@@H]1O. The van der Waals surface area contributed by atoms with Gasteiger partial charge in [0.2, 0.25) is 11.8 Å². The average molecular weight is 837 g/mol. The number of hydrogen-bond acceptors (Lipinski definition) is 23. The highest BCUT2D eigenvalue weighted by Crippen LogP contribution is 2.40. The monoisotopic (exact) mass is 836 g/mol. The van der Waals surface area contributed by atoms with Crippen molar-refractivity contribution in [3.8, 4) is 0 Å². The molecule has 21 atom stereocenters. The highest BCUT2D eigenvalue weighted by atomic mass is 16.8. The number of ether oxygens (including phenoxy) is 7. The molecule has 26 nitrogen and oxygen atoms in total. The van der Waals surface area contributed by atoms with Crippen molar-refractivity contribution in [2.45, 2.75) is 149 Å². The minimum atomic E-state index is -3.22. The minimum absolute atomic E-state index is 0.803. The largest absolute Gasteiger partial charge is 0.477 e. The molecule has 0 aliphatic carbocycles. The van der Waals surface area contributed by atoms with Crippen LogP contribution in [-0.4, -0.2) is 244 Å². The van der Waals surface area contributed by atoms with Crippen LogP contribution in [0.2, 0.25) is 0 Å². The Hall–Kier alpha value is -2.39.